The van der Waals surface area contributed by atoms with E-state index in [1.165, 1.54) is 0 Å². The molecule has 80 valence electrons. The first-order chi connectivity index (χ1) is 5.60. The molecule has 0 aromatic rings. The summed E-state index contributed by atoms with van der Waals surface area (Å²) >= 11 is 0. The Kier molecular flexibility index (Phi) is 4.40. The molecule has 0 aliphatic heterocycles. The first-order valence-corrected chi connectivity index (χ1v) is 5.03. The van der Waals surface area contributed by atoms with E-state index in [1.54, 1.807) is 0 Å². The predicted molar refractivity (Wildman–Crippen MR) is 57.8 cm³/mol. The number of nitrogens with one attached hydrogen (secondary N) is 1. The van der Waals surface area contributed by atoms with Crippen molar-refractivity contribution in [3.8, 4) is 0 Å². The highest BCUT2D eigenvalue weighted by atomic mass is 16.3. The molecule has 0 heterocycles. The van der Waals surface area contributed by atoms with Crippen molar-refractivity contribution in [2.45, 2.75) is 59.6 Å². The third-order valence-corrected chi connectivity index (χ3v) is 1.72. The van der Waals surface area contributed by atoms with Gasteiger partial charge in [-0.2, -0.15) is 0 Å². The minimum atomic E-state index is -0.237. The van der Waals surface area contributed by atoms with Gasteiger partial charge in [-0.25, -0.2) is 0 Å². The summed E-state index contributed by atoms with van der Waals surface area (Å²) in [6.45, 7) is 13.4. The molecule has 0 aliphatic rings. The third-order valence-electron chi connectivity index (χ3n) is 1.72. The second-order valence-corrected chi connectivity index (χ2v) is 6.05. The van der Waals surface area contributed by atoms with E-state index in [4.69, 9.17) is 0 Å². The van der Waals surface area contributed by atoms with Gasteiger partial charge in [-0.3, -0.25) is 0 Å². The quantitative estimate of drug-likeness (QED) is 0.709. The van der Waals surface area contributed by atoms with Crippen LogP contribution in [0, 0.1) is 5.41 Å². The van der Waals surface area contributed by atoms with E-state index in [0.717, 1.165) is 6.42 Å². The van der Waals surface area contributed by atoms with Gasteiger partial charge in [0.2, 0.25) is 0 Å². The zero-order valence-electron chi connectivity index (χ0n) is 9.94. The van der Waals surface area contributed by atoms with E-state index < -0.39 is 0 Å². The van der Waals surface area contributed by atoms with E-state index >= 15 is 0 Å². The SMILES string of the molecule is CC(C)(C)C[C@@H](O)CNC(C)(C)C. The summed E-state index contributed by atoms with van der Waals surface area (Å²) in [6, 6.07) is 0. The standard InChI is InChI=1S/C11H25NO/c1-10(2,3)7-9(13)8-12-11(4,5)6/h9,12-13H,7-8H2,1-6H3/t9-/m1/s1. The summed E-state index contributed by atoms with van der Waals surface area (Å²) in [5.74, 6) is 0. The Morgan fingerprint density at radius 1 is 1.08 bits per heavy atom. The second-order valence-electron chi connectivity index (χ2n) is 6.05. The summed E-state index contributed by atoms with van der Waals surface area (Å²) in [7, 11) is 0. The number of hydrogen-bond donors (Lipinski definition) is 2. The van der Waals surface area contributed by atoms with Gasteiger partial charge in [-0.05, 0) is 32.6 Å². The van der Waals surface area contributed by atoms with Gasteiger partial charge in [-0.1, -0.05) is 20.8 Å². The molecule has 0 aromatic carbocycles. The van der Waals surface area contributed by atoms with Crippen LogP contribution in [0.15, 0.2) is 0 Å². The summed E-state index contributed by atoms with van der Waals surface area (Å²) in [5, 5.41) is 13.0. The summed E-state index contributed by atoms with van der Waals surface area (Å²) in [5.41, 5.74) is 0.303. The summed E-state index contributed by atoms with van der Waals surface area (Å²) in [6.07, 6.45) is 0.607. The van der Waals surface area contributed by atoms with Crippen molar-refractivity contribution in [2.75, 3.05) is 6.54 Å². The molecule has 0 aliphatic carbocycles. The maximum Gasteiger partial charge on any atom is 0.0669 e. The molecular weight excluding hydrogens is 162 g/mol. The second kappa shape index (κ2) is 4.43. The molecule has 0 spiro atoms. The van der Waals surface area contributed by atoms with Crippen molar-refractivity contribution in [1.82, 2.24) is 5.32 Å². The molecule has 0 amide bonds. The van der Waals surface area contributed by atoms with Gasteiger partial charge in [0.05, 0.1) is 6.10 Å². The largest absolute Gasteiger partial charge is 0.392 e. The fraction of sp³-hybridized carbons (Fsp3) is 1.00. The summed E-state index contributed by atoms with van der Waals surface area (Å²) < 4.78 is 0. The third kappa shape index (κ3) is 9.84. The number of rotatable bonds is 3. The van der Waals surface area contributed by atoms with E-state index in [-0.39, 0.29) is 17.1 Å². The van der Waals surface area contributed by atoms with Crippen LogP contribution < -0.4 is 5.32 Å². The Morgan fingerprint density at radius 2 is 1.54 bits per heavy atom. The predicted octanol–water partition coefficient (Wildman–Crippen LogP) is 2.17. The Balaban J connectivity index is 3.70. The minimum absolute atomic E-state index is 0.0961. The highest BCUT2D eigenvalue weighted by Gasteiger charge is 2.18. The normalized spacial score (nSPS) is 15.9. The van der Waals surface area contributed by atoms with Crippen molar-refractivity contribution in [1.29, 1.82) is 0 Å². The molecule has 0 fully saturated rings. The molecule has 0 unspecified atom stereocenters. The van der Waals surface area contributed by atoms with Crippen LogP contribution in [0.25, 0.3) is 0 Å². The van der Waals surface area contributed by atoms with Crippen molar-refractivity contribution < 1.29 is 5.11 Å². The van der Waals surface area contributed by atoms with Gasteiger partial charge < -0.3 is 10.4 Å². The van der Waals surface area contributed by atoms with Crippen LogP contribution in [0.3, 0.4) is 0 Å². The summed E-state index contributed by atoms with van der Waals surface area (Å²) in [4.78, 5) is 0. The average molecular weight is 187 g/mol. The first kappa shape index (κ1) is 12.9. The maximum atomic E-state index is 9.69. The van der Waals surface area contributed by atoms with Crippen LogP contribution in [0.2, 0.25) is 0 Å². The van der Waals surface area contributed by atoms with Gasteiger partial charge >= 0.3 is 0 Å². The van der Waals surface area contributed by atoms with Gasteiger partial charge in [0.25, 0.3) is 0 Å². The average Bonchev–Trinajstić information content (AvgIpc) is 1.78. The molecule has 1 atom stereocenters. The number of aliphatic hydroxyl groups is 1. The van der Waals surface area contributed by atoms with Crippen molar-refractivity contribution in [3.05, 3.63) is 0 Å². The molecule has 0 radical (unpaired) electrons. The van der Waals surface area contributed by atoms with Crippen molar-refractivity contribution >= 4 is 0 Å². The topological polar surface area (TPSA) is 32.3 Å². The Labute approximate surface area is 82.7 Å². The lowest BCUT2D eigenvalue weighted by molar-refractivity contribution is 0.112. The van der Waals surface area contributed by atoms with Gasteiger partial charge in [0.15, 0.2) is 0 Å². The zero-order valence-corrected chi connectivity index (χ0v) is 9.94. The van der Waals surface area contributed by atoms with Crippen molar-refractivity contribution in [3.63, 3.8) is 0 Å². The van der Waals surface area contributed by atoms with E-state index in [9.17, 15) is 5.11 Å². The van der Waals surface area contributed by atoms with Crippen LogP contribution in [-0.4, -0.2) is 23.3 Å². The van der Waals surface area contributed by atoms with Crippen LogP contribution in [-0.2, 0) is 0 Å². The fourth-order valence-corrected chi connectivity index (χ4v) is 1.20. The maximum absolute atomic E-state index is 9.69. The van der Waals surface area contributed by atoms with E-state index in [1.807, 2.05) is 0 Å². The van der Waals surface area contributed by atoms with Crippen molar-refractivity contribution in [2.24, 2.45) is 5.41 Å². The molecule has 13 heavy (non-hydrogen) atoms. The molecule has 0 bridgehead atoms. The molecular formula is C11H25NO. The number of β-amino-alcohol motifs (C(OH)–C–C–N with tert-alkyl or cyclic N) is 1. The molecule has 2 nitrogen and oxygen atoms in total. The smallest absolute Gasteiger partial charge is 0.0669 e. The highest BCUT2D eigenvalue weighted by Crippen LogP contribution is 2.20. The van der Waals surface area contributed by atoms with Gasteiger partial charge in [-0.15, -0.1) is 0 Å². The zero-order chi connectivity index (χ0) is 10.7. The van der Waals surface area contributed by atoms with Crippen LogP contribution >= 0.6 is 0 Å². The van der Waals surface area contributed by atoms with Crippen LogP contribution in [0.1, 0.15) is 48.0 Å². The molecule has 0 aromatic heterocycles. The Hall–Kier alpha value is -0.0800. The molecule has 2 N–H and O–H groups in total. The van der Waals surface area contributed by atoms with Crippen LogP contribution in [0.4, 0.5) is 0 Å². The van der Waals surface area contributed by atoms with Crippen LogP contribution in [0.5, 0.6) is 0 Å². The number of aliphatic hydroxyl groups excluding tert-OH is 1. The number of hydrogen-bond acceptors (Lipinski definition) is 2. The molecule has 0 rings (SSSR count). The lowest BCUT2D eigenvalue weighted by Gasteiger charge is -2.26. The van der Waals surface area contributed by atoms with E-state index in [2.05, 4.69) is 46.9 Å². The lowest BCUT2D eigenvalue weighted by Crippen LogP contribution is -2.41. The first-order valence-electron chi connectivity index (χ1n) is 5.03. The molecule has 0 saturated heterocycles. The highest BCUT2D eigenvalue weighted by molar-refractivity contribution is 4.75. The molecule has 0 saturated carbocycles. The Bertz CT molecular complexity index is 141. The van der Waals surface area contributed by atoms with Gasteiger partial charge in [0, 0.05) is 12.1 Å². The monoisotopic (exact) mass is 187 g/mol. The van der Waals surface area contributed by atoms with E-state index in [0.29, 0.717) is 6.54 Å². The molecule has 2 heteroatoms. The lowest BCUT2D eigenvalue weighted by atomic mass is 9.89. The minimum Gasteiger partial charge on any atom is -0.392 e. The van der Waals surface area contributed by atoms with Gasteiger partial charge in [0.1, 0.15) is 0 Å². The Morgan fingerprint density at radius 3 is 1.85 bits per heavy atom. The fourth-order valence-electron chi connectivity index (χ4n) is 1.20.